The lowest BCUT2D eigenvalue weighted by Crippen LogP contribution is -2.43. The molecule has 0 saturated carbocycles. The summed E-state index contributed by atoms with van der Waals surface area (Å²) >= 11 is 1.89. The van der Waals surface area contributed by atoms with Crippen molar-refractivity contribution < 1.29 is 0 Å². The molecule has 0 amide bonds. The van der Waals surface area contributed by atoms with Crippen molar-refractivity contribution in [3.8, 4) is 0 Å². The summed E-state index contributed by atoms with van der Waals surface area (Å²) in [5, 5.41) is 8.96. The number of aromatic nitrogens is 1. The fourth-order valence-corrected chi connectivity index (χ4v) is 3.80. The smallest absolute Gasteiger partial charge is 0.191 e. The lowest BCUT2D eigenvalue weighted by atomic mass is 10.1. The van der Waals surface area contributed by atoms with E-state index in [0.29, 0.717) is 0 Å². The summed E-state index contributed by atoms with van der Waals surface area (Å²) in [5.74, 6) is 0.860. The Kier molecular flexibility index (Phi) is 6.20. The highest BCUT2D eigenvalue weighted by molar-refractivity contribution is 7.10. The van der Waals surface area contributed by atoms with Gasteiger partial charge in [0.15, 0.2) is 5.96 Å². The summed E-state index contributed by atoms with van der Waals surface area (Å²) in [6.45, 7) is 5.00. The maximum atomic E-state index is 4.33. The van der Waals surface area contributed by atoms with Crippen molar-refractivity contribution in [1.82, 2.24) is 20.5 Å². The average Bonchev–Trinajstić information content (AvgIpc) is 3.09. The highest BCUT2D eigenvalue weighted by Crippen LogP contribution is 2.23. The molecule has 0 bridgehead atoms. The molecular formula is C18H25N5S. The quantitative estimate of drug-likeness (QED) is 0.621. The first kappa shape index (κ1) is 16.9. The van der Waals surface area contributed by atoms with Crippen molar-refractivity contribution in [2.75, 3.05) is 33.2 Å². The van der Waals surface area contributed by atoms with Gasteiger partial charge in [0.1, 0.15) is 0 Å². The van der Waals surface area contributed by atoms with Crippen LogP contribution in [0.2, 0.25) is 0 Å². The van der Waals surface area contributed by atoms with Crippen LogP contribution in [0, 0.1) is 0 Å². The number of nitrogens with one attached hydrogen (secondary N) is 2. The van der Waals surface area contributed by atoms with Crippen LogP contribution in [0.3, 0.4) is 0 Å². The highest BCUT2D eigenvalue weighted by atomic mass is 32.1. The van der Waals surface area contributed by atoms with Crippen molar-refractivity contribution in [2.24, 2.45) is 4.99 Å². The molecule has 3 heterocycles. The number of aliphatic imine (C=N–C) groups is 1. The minimum atomic E-state index is 0.832. The van der Waals surface area contributed by atoms with Crippen LogP contribution in [-0.2, 0) is 19.4 Å². The van der Waals surface area contributed by atoms with Crippen LogP contribution in [-0.4, -0.2) is 49.1 Å². The fourth-order valence-electron chi connectivity index (χ4n) is 2.91. The number of pyridine rings is 1. The summed E-state index contributed by atoms with van der Waals surface area (Å²) in [6.07, 6.45) is 3.92. The minimum Gasteiger partial charge on any atom is -0.356 e. The molecular weight excluding hydrogens is 318 g/mol. The Morgan fingerprint density at radius 2 is 2.21 bits per heavy atom. The van der Waals surface area contributed by atoms with E-state index in [1.54, 1.807) is 4.88 Å². The molecule has 0 unspecified atom stereocenters. The Balaban J connectivity index is 1.34. The molecule has 1 aliphatic heterocycles. The molecule has 24 heavy (non-hydrogen) atoms. The molecule has 6 heteroatoms. The van der Waals surface area contributed by atoms with Gasteiger partial charge in [-0.2, -0.15) is 0 Å². The van der Waals surface area contributed by atoms with E-state index in [1.807, 2.05) is 42.8 Å². The zero-order valence-corrected chi connectivity index (χ0v) is 15.0. The summed E-state index contributed by atoms with van der Waals surface area (Å²) < 4.78 is 0. The number of fused-ring (bicyclic) bond motifs is 1. The van der Waals surface area contributed by atoms with Crippen molar-refractivity contribution in [2.45, 2.75) is 19.4 Å². The Hall–Kier alpha value is -1.92. The second-order valence-electron chi connectivity index (χ2n) is 5.89. The number of guanidine groups is 1. The van der Waals surface area contributed by atoms with Crippen LogP contribution in [0.25, 0.3) is 0 Å². The van der Waals surface area contributed by atoms with Crippen LogP contribution in [0.15, 0.2) is 40.8 Å². The highest BCUT2D eigenvalue weighted by Gasteiger charge is 2.16. The van der Waals surface area contributed by atoms with Crippen LogP contribution in [0.1, 0.15) is 16.1 Å². The zero-order valence-electron chi connectivity index (χ0n) is 14.2. The van der Waals surface area contributed by atoms with E-state index >= 15 is 0 Å². The molecule has 0 atom stereocenters. The molecule has 0 saturated heterocycles. The maximum Gasteiger partial charge on any atom is 0.191 e. The van der Waals surface area contributed by atoms with Crippen molar-refractivity contribution >= 4 is 17.3 Å². The van der Waals surface area contributed by atoms with Crippen LogP contribution in [0.5, 0.6) is 0 Å². The van der Waals surface area contributed by atoms with Crippen LogP contribution in [0.4, 0.5) is 0 Å². The van der Waals surface area contributed by atoms with Gasteiger partial charge < -0.3 is 10.6 Å². The third-order valence-electron chi connectivity index (χ3n) is 4.23. The van der Waals surface area contributed by atoms with E-state index < -0.39 is 0 Å². The molecule has 0 aliphatic carbocycles. The Bertz CT molecular complexity index is 652. The predicted molar refractivity (Wildman–Crippen MR) is 101 cm³/mol. The third-order valence-corrected chi connectivity index (χ3v) is 5.25. The predicted octanol–water partition coefficient (Wildman–Crippen LogP) is 1.91. The Morgan fingerprint density at radius 3 is 3.04 bits per heavy atom. The van der Waals surface area contributed by atoms with Crippen molar-refractivity contribution in [3.63, 3.8) is 0 Å². The summed E-state index contributed by atoms with van der Waals surface area (Å²) in [5.41, 5.74) is 2.60. The molecule has 5 nitrogen and oxygen atoms in total. The lowest BCUT2D eigenvalue weighted by molar-refractivity contribution is 0.260. The number of nitrogens with zero attached hydrogens (tertiary/aromatic N) is 3. The fraction of sp³-hybridized carbons (Fsp3) is 0.444. The molecule has 2 aromatic heterocycles. The van der Waals surface area contributed by atoms with Gasteiger partial charge in [-0.05, 0) is 35.6 Å². The number of thiophene rings is 1. The maximum absolute atomic E-state index is 4.33. The normalized spacial score (nSPS) is 15.1. The van der Waals surface area contributed by atoms with E-state index in [9.17, 15) is 0 Å². The van der Waals surface area contributed by atoms with E-state index in [1.165, 1.54) is 12.0 Å². The average molecular weight is 344 g/mol. The molecule has 1 aliphatic rings. The van der Waals surface area contributed by atoms with Gasteiger partial charge in [-0.1, -0.05) is 6.07 Å². The Morgan fingerprint density at radius 1 is 1.29 bits per heavy atom. The summed E-state index contributed by atoms with van der Waals surface area (Å²) in [6, 6.07) is 8.27. The first-order valence-electron chi connectivity index (χ1n) is 8.47. The molecule has 0 aromatic carbocycles. The summed E-state index contributed by atoms with van der Waals surface area (Å²) in [4.78, 5) is 12.7. The first-order valence-corrected chi connectivity index (χ1v) is 9.35. The second-order valence-corrected chi connectivity index (χ2v) is 6.89. The zero-order chi connectivity index (χ0) is 16.6. The van der Waals surface area contributed by atoms with Gasteiger partial charge in [-0.3, -0.25) is 14.9 Å². The molecule has 2 aromatic rings. The third kappa shape index (κ3) is 4.79. The van der Waals surface area contributed by atoms with Crippen molar-refractivity contribution in [3.05, 3.63) is 52.0 Å². The standard InChI is InChI=1S/C18H25N5S/c1-19-18(21-9-5-16-4-2-3-8-20-16)22-10-12-23-11-6-17-15(14-23)7-13-24-17/h2-4,7-8,13H,5-6,9-12,14H2,1H3,(H2,19,21,22). The van der Waals surface area contributed by atoms with Crippen LogP contribution >= 0.6 is 11.3 Å². The molecule has 0 fully saturated rings. The van der Waals surface area contributed by atoms with Gasteiger partial charge in [0.25, 0.3) is 0 Å². The van der Waals surface area contributed by atoms with E-state index in [2.05, 4.69) is 37.0 Å². The van der Waals surface area contributed by atoms with Gasteiger partial charge >= 0.3 is 0 Å². The van der Waals surface area contributed by atoms with E-state index in [4.69, 9.17) is 0 Å². The monoisotopic (exact) mass is 343 g/mol. The molecule has 0 spiro atoms. The van der Waals surface area contributed by atoms with Crippen LogP contribution < -0.4 is 10.6 Å². The molecule has 3 rings (SSSR count). The topological polar surface area (TPSA) is 52.6 Å². The number of hydrogen-bond donors (Lipinski definition) is 2. The first-order chi connectivity index (χ1) is 11.8. The molecule has 2 N–H and O–H groups in total. The number of hydrogen-bond acceptors (Lipinski definition) is 4. The van der Waals surface area contributed by atoms with Gasteiger partial charge in [0.05, 0.1) is 0 Å². The largest absolute Gasteiger partial charge is 0.356 e. The summed E-state index contributed by atoms with van der Waals surface area (Å²) in [7, 11) is 1.81. The Labute approximate surface area is 147 Å². The van der Waals surface area contributed by atoms with Crippen molar-refractivity contribution in [1.29, 1.82) is 0 Å². The van der Waals surface area contributed by atoms with E-state index in [-0.39, 0.29) is 0 Å². The van der Waals surface area contributed by atoms with E-state index in [0.717, 1.165) is 50.8 Å². The SMILES string of the molecule is CN=C(NCCc1ccccn1)NCCN1CCc2sccc2C1. The van der Waals surface area contributed by atoms with Gasteiger partial charge in [-0.25, -0.2) is 0 Å². The van der Waals surface area contributed by atoms with Gasteiger partial charge in [0.2, 0.25) is 0 Å². The molecule has 0 radical (unpaired) electrons. The second kappa shape index (κ2) is 8.80. The van der Waals surface area contributed by atoms with Gasteiger partial charge in [-0.15, -0.1) is 11.3 Å². The van der Waals surface area contributed by atoms with Gasteiger partial charge in [0, 0.05) is 63.0 Å². The number of rotatable bonds is 6. The molecule has 128 valence electrons. The minimum absolute atomic E-state index is 0.832. The lowest BCUT2D eigenvalue weighted by Gasteiger charge is -2.27.